The number of aryl methyl sites for hydroxylation is 1. The molecule has 5 heteroatoms. The molecule has 1 heterocycles. The van der Waals surface area contributed by atoms with Gasteiger partial charge in [-0.1, -0.05) is 33.6 Å². The summed E-state index contributed by atoms with van der Waals surface area (Å²) >= 11 is 9.54. The Hall–Kier alpha value is -0.840. The predicted molar refractivity (Wildman–Crippen MR) is 77.8 cm³/mol. The second-order valence-electron chi connectivity index (χ2n) is 4.14. The van der Waals surface area contributed by atoms with E-state index in [0.29, 0.717) is 0 Å². The summed E-state index contributed by atoms with van der Waals surface area (Å²) in [5, 5.41) is 8.49. The number of benzene rings is 1. The van der Waals surface area contributed by atoms with Gasteiger partial charge in [0, 0.05) is 42.3 Å². The first-order valence-corrected chi connectivity index (χ1v) is 6.95. The van der Waals surface area contributed by atoms with Crippen LogP contribution in [0.4, 0.5) is 0 Å². The van der Waals surface area contributed by atoms with Crippen molar-refractivity contribution in [2.75, 3.05) is 6.54 Å². The van der Waals surface area contributed by atoms with Crippen molar-refractivity contribution in [3.8, 4) is 0 Å². The molecule has 0 atom stereocenters. The highest BCUT2D eigenvalue weighted by molar-refractivity contribution is 9.10. The molecular weight excluding hydrogens is 314 g/mol. The summed E-state index contributed by atoms with van der Waals surface area (Å²) in [6.45, 7) is 1.67. The fraction of sp³-hybridized carbons (Fsp3) is 0.308. The van der Waals surface area contributed by atoms with E-state index >= 15 is 0 Å². The molecule has 0 aliphatic rings. The molecule has 0 radical (unpaired) electrons. The number of nitrogens with one attached hydrogen (secondary N) is 1. The number of rotatable bonds is 5. The highest BCUT2D eigenvalue weighted by atomic mass is 79.9. The van der Waals surface area contributed by atoms with Gasteiger partial charge < -0.3 is 5.32 Å². The van der Waals surface area contributed by atoms with E-state index in [9.17, 15) is 0 Å². The fourth-order valence-electron chi connectivity index (χ4n) is 1.70. The van der Waals surface area contributed by atoms with Crippen LogP contribution in [0.1, 0.15) is 11.3 Å². The molecule has 18 heavy (non-hydrogen) atoms. The quantitative estimate of drug-likeness (QED) is 0.854. The molecule has 2 aromatic rings. The van der Waals surface area contributed by atoms with Crippen LogP contribution in [0.3, 0.4) is 0 Å². The lowest BCUT2D eigenvalue weighted by Crippen LogP contribution is -2.17. The molecule has 1 aromatic carbocycles. The Kier molecular flexibility index (Phi) is 4.80. The van der Waals surface area contributed by atoms with E-state index < -0.39 is 0 Å². The summed E-state index contributed by atoms with van der Waals surface area (Å²) in [6.07, 6.45) is 2.88. The van der Waals surface area contributed by atoms with Crippen molar-refractivity contribution >= 4 is 27.5 Å². The first-order chi connectivity index (χ1) is 8.65. The van der Waals surface area contributed by atoms with Crippen LogP contribution in [0.2, 0.25) is 5.02 Å². The Morgan fingerprint density at radius 2 is 2.22 bits per heavy atom. The highest BCUT2D eigenvalue weighted by Gasteiger charge is 2.01. The number of aromatic nitrogens is 2. The number of hydrogen-bond acceptors (Lipinski definition) is 2. The Labute approximate surface area is 120 Å². The van der Waals surface area contributed by atoms with Crippen molar-refractivity contribution < 1.29 is 0 Å². The first kappa shape index (κ1) is 13.6. The summed E-state index contributed by atoms with van der Waals surface area (Å²) in [5.41, 5.74) is 2.22. The average Bonchev–Trinajstić information content (AvgIpc) is 2.73. The molecule has 0 spiro atoms. The van der Waals surface area contributed by atoms with Gasteiger partial charge in [0.15, 0.2) is 0 Å². The summed E-state index contributed by atoms with van der Waals surface area (Å²) in [7, 11) is 1.93. The van der Waals surface area contributed by atoms with Gasteiger partial charge in [-0.15, -0.1) is 0 Å². The van der Waals surface area contributed by atoms with Crippen LogP contribution in [-0.4, -0.2) is 16.3 Å². The van der Waals surface area contributed by atoms with E-state index in [-0.39, 0.29) is 0 Å². The lowest BCUT2D eigenvalue weighted by atomic mass is 10.2. The molecule has 1 aromatic heterocycles. The number of hydrogen-bond donors (Lipinski definition) is 1. The Balaban J connectivity index is 1.78. The van der Waals surface area contributed by atoms with E-state index in [2.05, 4.69) is 26.3 Å². The Bertz CT molecular complexity index is 525. The normalized spacial score (nSPS) is 10.8. The zero-order valence-electron chi connectivity index (χ0n) is 10.2. The van der Waals surface area contributed by atoms with E-state index in [4.69, 9.17) is 11.6 Å². The average molecular weight is 329 g/mol. The zero-order valence-corrected chi connectivity index (χ0v) is 12.5. The monoisotopic (exact) mass is 327 g/mol. The van der Waals surface area contributed by atoms with Gasteiger partial charge in [-0.3, -0.25) is 4.68 Å². The molecule has 0 saturated heterocycles. The fourth-order valence-corrected chi connectivity index (χ4v) is 2.44. The summed E-state index contributed by atoms with van der Waals surface area (Å²) < 4.78 is 2.82. The predicted octanol–water partition coefficient (Wildman–Crippen LogP) is 3.17. The van der Waals surface area contributed by atoms with Gasteiger partial charge >= 0.3 is 0 Å². The summed E-state index contributed by atoms with van der Waals surface area (Å²) in [4.78, 5) is 0. The van der Waals surface area contributed by atoms with Crippen molar-refractivity contribution in [2.45, 2.75) is 13.0 Å². The molecule has 0 bridgehead atoms. The Morgan fingerprint density at radius 1 is 1.39 bits per heavy atom. The molecule has 0 unspecified atom stereocenters. The first-order valence-electron chi connectivity index (χ1n) is 5.78. The van der Waals surface area contributed by atoms with Crippen LogP contribution in [0.25, 0.3) is 0 Å². The smallest absolute Gasteiger partial charge is 0.0637 e. The van der Waals surface area contributed by atoms with Crippen LogP contribution >= 0.6 is 27.5 Å². The molecule has 2 rings (SSSR count). The number of halogens is 2. The summed E-state index contributed by atoms with van der Waals surface area (Å²) in [6, 6.07) is 7.98. The standard InChI is InChI=1S/C13H15BrClN3/c1-18-7-5-12(17-18)4-6-16-9-10-2-3-11(14)8-13(10)15/h2-3,5,7-8,16H,4,6,9H2,1H3. The Morgan fingerprint density at radius 3 is 2.89 bits per heavy atom. The minimum absolute atomic E-state index is 0.777. The molecule has 1 N–H and O–H groups in total. The second kappa shape index (κ2) is 6.36. The molecule has 0 saturated carbocycles. The lowest BCUT2D eigenvalue weighted by Gasteiger charge is -2.06. The van der Waals surface area contributed by atoms with Crippen LogP contribution in [0.5, 0.6) is 0 Å². The van der Waals surface area contributed by atoms with Crippen molar-refractivity contribution in [2.24, 2.45) is 7.05 Å². The van der Waals surface area contributed by atoms with Crippen molar-refractivity contribution in [3.05, 3.63) is 51.2 Å². The minimum atomic E-state index is 0.777. The van der Waals surface area contributed by atoms with Gasteiger partial charge in [-0.05, 0) is 23.8 Å². The molecule has 96 valence electrons. The lowest BCUT2D eigenvalue weighted by molar-refractivity contribution is 0.665. The van der Waals surface area contributed by atoms with Gasteiger partial charge in [-0.25, -0.2) is 0 Å². The third-order valence-electron chi connectivity index (χ3n) is 2.66. The molecule has 0 aliphatic heterocycles. The maximum atomic E-state index is 6.14. The van der Waals surface area contributed by atoms with Crippen molar-refractivity contribution in [3.63, 3.8) is 0 Å². The van der Waals surface area contributed by atoms with Gasteiger partial charge in [-0.2, -0.15) is 5.10 Å². The van der Waals surface area contributed by atoms with E-state index in [0.717, 1.165) is 40.3 Å². The van der Waals surface area contributed by atoms with Crippen molar-refractivity contribution in [1.82, 2.24) is 15.1 Å². The highest BCUT2D eigenvalue weighted by Crippen LogP contribution is 2.21. The van der Waals surface area contributed by atoms with Crippen LogP contribution in [-0.2, 0) is 20.0 Å². The molecular formula is C13H15BrClN3. The molecule has 3 nitrogen and oxygen atoms in total. The van der Waals surface area contributed by atoms with E-state index in [1.165, 1.54) is 0 Å². The van der Waals surface area contributed by atoms with Crippen LogP contribution in [0.15, 0.2) is 34.9 Å². The molecule has 0 amide bonds. The van der Waals surface area contributed by atoms with Gasteiger partial charge in [0.25, 0.3) is 0 Å². The van der Waals surface area contributed by atoms with Gasteiger partial charge in [0.1, 0.15) is 0 Å². The largest absolute Gasteiger partial charge is 0.312 e. The van der Waals surface area contributed by atoms with E-state index in [1.54, 1.807) is 0 Å². The topological polar surface area (TPSA) is 29.9 Å². The minimum Gasteiger partial charge on any atom is -0.312 e. The van der Waals surface area contributed by atoms with Gasteiger partial charge in [0.05, 0.1) is 5.69 Å². The third-order valence-corrected chi connectivity index (χ3v) is 3.50. The van der Waals surface area contributed by atoms with Gasteiger partial charge in [0.2, 0.25) is 0 Å². The summed E-state index contributed by atoms with van der Waals surface area (Å²) in [5.74, 6) is 0. The molecule has 0 aliphatic carbocycles. The number of nitrogens with zero attached hydrogens (tertiary/aromatic N) is 2. The third kappa shape index (κ3) is 3.83. The van der Waals surface area contributed by atoms with E-state index in [1.807, 2.05) is 42.2 Å². The maximum Gasteiger partial charge on any atom is 0.0637 e. The molecule has 0 fully saturated rings. The van der Waals surface area contributed by atoms with Crippen LogP contribution in [0, 0.1) is 0 Å². The maximum absolute atomic E-state index is 6.14. The zero-order chi connectivity index (χ0) is 13.0. The van der Waals surface area contributed by atoms with Crippen molar-refractivity contribution in [1.29, 1.82) is 0 Å². The second-order valence-corrected chi connectivity index (χ2v) is 5.47. The SMILES string of the molecule is Cn1ccc(CCNCc2ccc(Br)cc2Cl)n1. The van der Waals surface area contributed by atoms with Crippen LogP contribution < -0.4 is 5.32 Å².